The average molecular weight is 637 g/mol. The Labute approximate surface area is 293 Å². The molecule has 0 nitrogen and oxygen atoms in total. The van der Waals surface area contributed by atoms with Crippen LogP contribution in [0.4, 0.5) is 0 Å². The maximum absolute atomic E-state index is 2.47. The molecule has 9 aromatic rings. The molecule has 0 amide bonds. The minimum atomic E-state index is 0.0188. The van der Waals surface area contributed by atoms with Gasteiger partial charge in [0.2, 0.25) is 0 Å². The fourth-order valence-corrected chi connectivity index (χ4v) is 8.47. The summed E-state index contributed by atoms with van der Waals surface area (Å²) < 4.78 is 0. The molecule has 0 aromatic heterocycles. The summed E-state index contributed by atoms with van der Waals surface area (Å²) in [4.78, 5) is 0. The highest BCUT2D eigenvalue weighted by atomic mass is 14.3. The van der Waals surface area contributed by atoms with Gasteiger partial charge in [-0.15, -0.1) is 0 Å². The van der Waals surface area contributed by atoms with E-state index in [4.69, 9.17) is 0 Å². The number of hydrogen-bond acceptors (Lipinski definition) is 0. The molecule has 0 fully saturated rings. The van der Waals surface area contributed by atoms with Crippen LogP contribution in [0.5, 0.6) is 0 Å². The van der Waals surface area contributed by atoms with E-state index in [-0.39, 0.29) is 5.41 Å². The van der Waals surface area contributed by atoms with E-state index in [9.17, 15) is 0 Å². The lowest BCUT2D eigenvalue weighted by atomic mass is 9.80. The zero-order valence-corrected chi connectivity index (χ0v) is 28.6. The topological polar surface area (TPSA) is 0 Å². The molecule has 0 heterocycles. The Bertz CT molecular complexity index is 2800. The predicted molar refractivity (Wildman–Crippen MR) is 216 cm³/mol. The molecule has 10 rings (SSSR count). The number of rotatable bonds is 3. The zero-order chi connectivity index (χ0) is 33.6. The van der Waals surface area contributed by atoms with Crippen LogP contribution in [-0.2, 0) is 5.41 Å². The Balaban J connectivity index is 1.24. The first-order valence-electron chi connectivity index (χ1n) is 17.7. The Morgan fingerprint density at radius 2 is 0.880 bits per heavy atom. The van der Waals surface area contributed by atoms with Gasteiger partial charge in [-0.3, -0.25) is 0 Å². The third kappa shape index (κ3) is 4.31. The lowest BCUT2D eigenvalue weighted by molar-refractivity contribution is 0.591. The Kier molecular flexibility index (Phi) is 6.24. The van der Waals surface area contributed by atoms with Crippen molar-refractivity contribution in [3.63, 3.8) is 0 Å². The molecular weight excluding hydrogens is 601 g/mol. The van der Waals surface area contributed by atoms with Crippen LogP contribution in [0.2, 0.25) is 0 Å². The van der Waals surface area contributed by atoms with Gasteiger partial charge >= 0.3 is 0 Å². The SMILES string of the molecule is CC(C)(C)c1ccc2c(-c3ccc4c5c(cccc35)-c3ccccc3-4)c3ccccc3c(-c3ccc(-c4ccc5ccccc5c4)cc3)c2c1. The van der Waals surface area contributed by atoms with Crippen LogP contribution in [0.3, 0.4) is 0 Å². The van der Waals surface area contributed by atoms with Gasteiger partial charge in [0.05, 0.1) is 0 Å². The highest BCUT2D eigenvalue weighted by Gasteiger charge is 2.25. The largest absolute Gasteiger partial charge is 0.0616 e. The number of fused-ring (bicyclic) bond motifs is 6. The number of benzene rings is 9. The van der Waals surface area contributed by atoms with Crippen molar-refractivity contribution in [3.8, 4) is 55.6 Å². The zero-order valence-electron chi connectivity index (χ0n) is 28.6. The molecule has 0 bridgehead atoms. The highest BCUT2D eigenvalue weighted by Crippen LogP contribution is 2.52. The summed E-state index contributed by atoms with van der Waals surface area (Å²) in [6, 6.07) is 61.3. The molecule has 0 unspecified atom stereocenters. The maximum Gasteiger partial charge on any atom is -0.00201 e. The van der Waals surface area contributed by atoms with Crippen molar-refractivity contribution in [2.75, 3.05) is 0 Å². The smallest absolute Gasteiger partial charge is 0.00201 e. The second-order valence-corrected chi connectivity index (χ2v) is 14.9. The van der Waals surface area contributed by atoms with Crippen molar-refractivity contribution in [2.24, 2.45) is 0 Å². The first kappa shape index (κ1) is 29.0. The molecule has 0 heteroatoms. The van der Waals surface area contributed by atoms with Gasteiger partial charge in [0.15, 0.2) is 0 Å². The fraction of sp³-hybridized carbons (Fsp3) is 0.0800. The fourth-order valence-electron chi connectivity index (χ4n) is 8.47. The van der Waals surface area contributed by atoms with Gasteiger partial charge in [-0.1, -0.05) is 172 Å². The van der Waals surface area contributed by atoms with Gasteiger partial charge < -0.3 is 0 Å². The lowest BCUT2D eigenvalue weighted by Gasteiger charge is -2.23. The van der Waals surface area contributed by atoms with Crippen molar-refractivity contribution >= 4 is 43.1 Å². The molecule has 0 spiro atoms. The van der Waals surface area contributed by atoms with Crippen molar-refractivity contribution in [3.05, 3.63) is 169 Å². The third-order valence-corrected chi connectivity index (χ3v) is 11.0. The summed E-state index contributed by atoms with van der Waals surface area (Å²) in [5.41, 5.74) is 14.3. The molecule has 0 atom stereocenters. The summed E-state index contributed by atoms with van der Waals surface area (Å²) in [5.74, 6) is 0. The molecule has 50 heavy (non-hydrogen) atoms. The Hall–Kier alpha value is -5.98. The minimum absolute atomic E-state index is 0.0188. The van der Waals surface area contributed by atoms with Gasteiger partial charge in [0, 0.05) is 0 Å². The second-order valence-electron chi connectivity index (χ2n) is 14.9. The molecule has 0 aliphatic heterocycles. The third-order valence-electron chi connectivity index (χ3n) is 11.0. The molecule has 0 saturated heterocycles. The van der Waals surface area contributed by atoms with Crippen LogP contribution in [0.25, 0.3) is 98.7 Å². The van der Waals surface area contributed by atoms with Crippen molar-refractivity contribution < 1.29 is 0 Å². The molecule has 0 N–H and O–H groups in total. The maximum atomic E-state index is 2.47. The number of hydrogen-bond donors (Lipinski definition) is 0. The van der Waals surface area contributed by atoms with E-state index >= 15 is 0 Å². The van der Waals surface area contributed by atoms with Gasteiger partial charge in [-0.25, -0.2) is 0 Å². The van der Waals surface area contributed by atoms with Crippen LogP contribution in [0.1, 0.15) is 26.3 Å². The van der Waals surface area contributed by atoms with Crippen LogP contribution in [0, 0.1) is 0 Å². The van der Waals surface area contributed by atoms with Crippen molar-refractivity contribution in [1.82, 2.24) is 0 Å². The van der Waals surface area contributed by atoms with Crippen molar-refractivity contribution in [1.29, 1.82) is 0 Å². The van der Waals surface area contributed by atoms with E-state index in [2.05, 4.69) is 185 Å². The van der Waals surface area contributed by atoms with Crippen LogP contribution < -0.4 is 0 Å². The van der Waals surface area contributed by atoms with Gasteiger partial charge in [0.25, 0.3) is 0 Å². The molecule has 0 radical (unpaired) electrons. The molecular formula is C50H36. The average Bonchev–Trinajstić information content (AvgIpc) is 3.48. The summed E-state index contributed by atoms with van der Waals surface area (Å²) in [6.07, 6.45) is 0. The van der Waals surface area contributed by atoms with Crippen LogP contribution in [0.15, 0.2) is 164 Å². The lowest BCUT2D eigenvalue weighted by Crippen LogP contribution is -2.10. The molecule has 9 aromatic carbocycles. The Morgan fingerprint density at radius 1 is 0.320 bits per heavy atom. The van der Waals surface area contributed by atoms with E-state index < -0.39 is 0 Å². The van der Waals surface area contributed by atoms with E-state index in [0.717, 1.165) is 0 Å². The normalized spacial score (nSPS) is 12.3. The van der Waals surface area contributed by atoms with Gasteiger partial charge in [-0.2, -0.15) is 0 Å². The first-order chi connectivity index (χ1) is 24.4. The molecule has 0 saturated carbocycles. The molecule has 1 aliphatic rings. The van der Waals surface area contributed by atoms with Gasteiger partial charge in [0.1, 0.15) is 0 Å². The van der Waals surface area contributed by atoms with E-state index in [1.807, 2.05) is 0 Å². The summed E-state index contributed by atoms with van der Waals surface area (Å²) in [5, 5.41) is 10.4. The standard InChI is InChI=1S/C50H36/c1-50(2,3)36-25-26-45-46(30-36)47(33-22-19-32(20-23-33)35-24-21-31-11-4-5-12-34(31)29-35)40-15-8-9-16-41(40)49(45)44-28-27-43-38-14-7-6-13-37(38)39-17-10-18-42(44)48(39)43/h4-30H,1-3H3. The first-order valence-corrected chi connectivity index (χ1v) is 17.7. The van der Waals surface area contributed by atoms with E-state index in [1.165, 1.54) is 104 Å². The molecule has 236 valence electrons. The van der Waals surface area contributed by atoms with E-state index in [0.29, 0.717) is 0 Å². The van der Waals surface area contributed by atoms with E-state index in [1.54, 1.807) is 0 Å². The highest BCUT2D eigenvalue weighted by molar-refractivity contribution is 6.26. The minimum Gasteiger partial charge on any atom is -0.0616 e. The summed E-state index contributed by atoms with van der Waals surface area (Å²) in [7, 11) is 0. The molecule has 1 aliphatic carbocycles. The van der Waals surface area contributed by atoms with Crippen LogP contribution in [-0.4, -0.2) is 0 Å². The Morgan fingerprint density at radius 3 is 1.64 bits per heavy atom. The predicted octanol–water partition coefficient (Wildman–Crippen LogP) is 14.2. The van der Waals surface area contributed by atoms with Gasteiger partial charge in [-0.05, 0) is 122 Å². The quantitative estimate of drug-likeness (QED) is 0.169. The van der Waals surface area contributed by atoms with Crippen molar-refractivity contribution in [2.45, 2.75) is 26.2 Å². The monoisotopic (exact) mass is 636 g/mol. The summed E-state index contributed by atoms with van der Waals surface area (Å²) in [6.45, 7) is 6.94. The van der Waals surface area contributed by atoms with Crippen LogP contribution >= 0.6 is 0 Å². The second kappa shape index (κ2) is 10.8. The summed E-state index contributed by atoms with van der Waals surface area (Å²) >= 11 is 0.